The molecule has 25 heavy (non-hydrogen) atoms. The fraction of sp³-hybridized carbons (Fsp3) is 0.250. The Morgan fingerprint density at radius 3 is 2.32 bits per heavy atom. The molecule has 1 aromatic heterocycles. The van der Waals surface area contributed by atoms with Gasteiger partial charge in [0, 0.05) is 23.0 Å². The highest BCUT2D eigenvalue weighted by molar-refractivity contribution is 7.91. The van der Waals surface area contributed by atoms with E-state index in [4.69, 9.17) is 11.6 Å². The normalized spacial score (nSPS) is 12.4. The lowest BCUT2D eigenvalue weighted by molar-refractivity contribution is -0.139. The van der Waals surface area contributed by atoms with E-state index in [2.05, 4.69) is 10.6 Å². The third-order valence-electron chi connectivity index (χ3n) is 3.37. The van der Waals surface area contributed by atoms with Crippen LogP contribution < -0.4 is 10.6 Å². The predicted octanol–water partition coefficient (Wildman–Crippen LogP) is 2.17. The number of rotatable bonds is 6. The van der Waals surface area contributed by atoms with Gasteiger partial charge in [0.1, 0.15) is 5.25 Å². The molecular weight excluding hydrogens is 384 g/mol. The van der Waals surface area contributed by atoms with Crippen LogP contribution in [0.2, 0.25) is 5.02 Å². The van der Waals surface area contributed by atoms with Crippen molar-refractivity contribution < 1.29 is 18.0 Å². The summed E-state index contributed by atoms with van der Waals surface area (Å²) >= 11 is 7.08. The van der Waals surface area contributed by atoms with Crippen molar-refractivity contribution >= 4 is 44.6 Å². The average molecular weight is 401 g/mol. The van der Waals surface area contributed by atoms with Crippen LogP contribution in [0.3, 0.4) is 0 Å². The van der Waals surface area contributed by atoms with Crippen molar-refractivity contribution in [1.82, 2.24) is 10.6 Å². The van der Waals surface area contributed by atoms with Crippen LogP contribution in [0.4, 0.5) is 0 Å². The first-order valence-corrected chi connectivity index (χ1v) is 10.3. The second-order valence-electron chi connectivity index (χ2n) is 5.07. The average Bonchev–Trinajstić information content (AvgIpc) is 3.09. The number of hydrogen-bond acceptors (Lipinski definition) is 5. The molecule has 2 N–H and O–H groups in total. The van der Waals surface area contributed by atoms with Crippen LogP contribution >= 0.6 is 22.9 Å². The molecule has 2 amide bonds. The highest BCUT2D eigenvalue weighted by Crippen LogP contribution is 2.31. The predicted molar refractivity (Wildman–Crippen MR) is 97.4 cm³/mol. The summed E-state index contributed by atoms with van der Waals surface area (Å²) in [4.78, 5) is 24.0. The second kappa shape index (κ2) is 8.46. The monoisotopic (exact) mass is 400 g/mol. The Balaban J connectivity index is 2.26. The SMILES string of the molecule is CCNC(=O)C(=O)NC[C@H](c1cccs1)S(=O)(=O)c1ccc(Cl)cc1. The Morgan fingerprint density at radius 2 is 1.76 bits per heavy atom. The van der Waals surface area contributed by atoms with E-state index in [9.17, 15) is 18.0 Å². The molecule has 2 rings (SSSR count). The maximum Gasteiger partial charge on any atom is 0.309 e. The van der Waals surface area contributed by atoms with Gasteiger partial charge in [-0.15, -0.1) is 11.3 Å². The van der Waals surface area contributed by atoms with Gasteiger partial charge in [-0.3, -0.25) is 9.59 Å². The third-order valence-corrected chi connectivity index (χ3v) is 6.85. The molecule has 0 aliphatic heterocycles. The van der Waals surface area contributed by atoms with E-state index in [0.717, 1.165) is 0 Å². The maximum atomic E-state index is 13.0. The lowest BCUT2D eigenvalue weighted by atomic mass is 10.3. The first-order chi connectivity index (χ1) is 11.9. The third kappa shape index (κ3) is 4.81. The number of thiophene rings is 1. The van der Waals surface area contributed by atoms with Gasteiger partial charge in [-0.2, -0.15) is 0 Å². The zero-order chi connectivity index (χ0) is 18.4. The number of nitrogens with one attached hydrogen (secondary N) is 2. The van der Waals surface area contributed by atoms with Crippen molar-refractivity contribution in [3.63, 3.8) is 0 Å². The number of sulfone groups is 1. The van der Waals surface area contributed by atoms with Crippen molar-refractivity contribution in [3.8, 4) is 0 Å². The summed E-state index contributed by atoms with van der Waals surface area (Å²) in [5.74, 6) is -1.66. The van der Waals surface area contributed by atoms with Crippen LogP contribution in [0, 0.1) is 0 Å². The standard InChI is InChI=1S/C16H17ClN2O4S2/c1-2-18-15(20)16(21)19-10-14(13-4-3-9-24-13)25(22,23)12-7-5-11(17)6-8-12/h3-9,14H,2,10H2,1H3,(H,18,20)(H,19,21)/t14-/m1/s1. The summed E-state index contributed by atoms with van der Waals surface area (Å²) in [6.07, 6.45) is 0. The number of amides is 2. The zero-order valence-corrected chi connectivity index (χ0v) is 15.7. The molecular formula is C16H17ClN2O4S2. The van der Waals surface area contributed by atoms with E-state index in [1.54, 1.807) is 24.4 Å². The molecule has 0 spiro atoms. The largest absolute Gasteiger partial charge is 0.348 e. The van der Waals surface area contributed by atoms with Gasteiger partial charge in [0.25, 0.3) is 0 Å². The van der Waals surface area contributed by atoms with Crippen molar-refractivity contribution in [2.24, 2.45) is 0 Å². The summed E-state index contributed by atoms with van der Waals surface area (Å²) in [7, 11) is -3.77. The second-order valence-corrected chi connectivity index (χ2v) is 8.62. The molecule has 0 radical (unpaired) electrons. The van der Waals surface area contributed by atoms with Crippen LogP contribution in [0.25, 0.3) is 0 Å². The van der Waals surface area contributed by atoms with Gasteiger partial charge >= 0.3 is 11.8 Å². The minimum absolute atomic E-state index is 0.0996. The molecule has 1 atom stereocenters. The van der Waals surface area contributed by atoms with Gasteiger partial charge in [-0.05, 0) is 42.6 Å². The van der Waals surface area contributed by atoms with Crippen LogP contribution in [0.5, 0.6) is 0 Å². The van der Waals surface area contributed by atoms with Crippen LogP contribution in [-0.2, 0) is 19.4 Å². The number of likely N-dealkylation sites (N-methyl/N-ethyl adjacent to an activating group) is 1. The zero-order valence-electron chi connectivity index (χ0n) is 13.4. The summed E-state index contributed by atoms with van der Waals surface area (Å²) in [5.41, 5.74) is 0. The Labute approximate surface area is 155 Å². The van der Waals surface area contributed by atoms with Gasteiger partial charge in [0.2, 0.25) is 0 Å². The Morgan fingerprint density at radius 1 is 1.12 bits per heavy atom. The quantitative estimate of drug-likeness (QED) is 0.727. The molecule has 2 aromatic rings. The number of carbonyl (C=O) groups is 2. The fourth-order valence-electron chi connectivity index (χ4n) is 2.13. The van der Waals surface area contributed by atoms with E-state index >= 15 is 0 Å². The molecule has 0 aliphatic carbocycles. The topological polar surface area (TPSA) is 92.3 Å². The van der Waals surface area contributed by atoms with Gasteiger partial charge in [0.05, 0.1) is 4.90 Å². The summed E-state index contributed by atoms with van der Waals surface area (Å²) in [6.45, 7) is 1.79. The van der Waals surface area contributed by atoms with E-state index in [1.165, 1.54) is 35.6 Å². The molecule has 0 bridgehead atoms. The maximum absolute atomic E-state index is 13.0. The number of benzene rings is 1. The molecule has 0 unspecified atom stereocenters. The molecule has 6 nitrogen and oxygen atoms in total. The first-order valence-electron chi connectivity index (χ1n) is 7.45. The molecule has 1 heterocycles. The van der Waals surface area contributed by atoms with Crippen LogP contribution in [0.15, 0.2) is 46.7 Å². The van der Waals surface area contributed by atoms with Crippen molar-refractivity contribution in [3.05, 3.63) is 51.7 Å². The number of hydrogen-bond donors (Lipinski definition) is 2. The molecule has 0 aliphatic rings. The van der Waals surface area contributed by atoms with E-state index in [0.29, 0.717) is 16.4 Å². The Kier molecular flexibility index (Phi) is 6.57. The lowest BCUT2D eigenvalue weighted by Gasteiger charge is -2.17. The highest BCUT2D eigenvalue weighted by atomic mass is 35.5. The van der Waals surface area contributed by atoms with Crippen LogP contribution in [0.1, 0.15) is 17.1 Å². The fourth-order valence-corrected chi connectivity index (χ4v) is 5.04. The van der Waals surface area contributed by atoms with Crippen molar-refractivity contribution in [2.75, 3.05) is 13.1 Å². The van der Waals surface area contributed by atoms with E-state index < -0.39 is 26.9 Å². The van der Waals surface area contributed by atoms with Crippen molar-refractivity contribution in [1.29, 1.82) is 0 Å². The van der Waals surface area contributed by atoms with Gasteiger partial charge < -0.3 is 10.6 Å². The Bertz CT molecular complexity index is 834. The molecule has 1 aromatic carbocycles. The highest BCUT2D eigenvalue weighted by Gasteiger charge is 2.31. The van der Waals surface area contributed by atoms with Gasteiger partial charge in [-0.1, -0.05) is 17.7 Å². The molecule has 9 heteroatoms. The van der Waals surface area contributed by atoms with Gasteiger partial charge in [-0.25, -0.2) is 8.42 Å². The first kappa shape index (κ1) is 19.4. The molecule has 0 saturated carbocycles. The summed E-state index contributed by atoms with van der Waals surface area (Å²) in [5, 5.41) is 5.95. The van der Waals surface area contributed by atoms with E-state index in [-0.39, 0.29) is 11.4 Å². The van der Waals surface area contributed by atoms with Gasteiger partial charge in [0.15, 0.2) is 9.84 Å². The summed E-state index contributed by atoms with van der Waals surface area (Å²) < 4.78 is 25.9. The molecule has 0 fully saturated rings. The van der Waals surface area contributed by atoms with Crippen molar-refractivity contribution in [2.45, 2.75) is 17.1 Å². The molecule has 134 valence electrons. The Hall–Kier alpha value is -1.90. The minimum Gasteiger partial charge on any atom is -0.348 e. The smallest absolute Gasteiger partial charge is 0.309 e. The molecule has 0 saturated heterocycles. The lowest BCUT2D eigenvalue weighted by Crippen LogP contribution is -2.42. The number of carbonyl (C=O) groups excluding carboxylic acids is 2. The van der Waals surface area contributed by atoms with E-state index in [1.807, 2.05) is 0 Å². The minimum atomic E-state index is -3.77. The summed E-state index contributed by atoms with van der Waals surface area (Å²) in [6, 6.07) is 9.24. The number of halogens is 1. The van der Waals surface area contributed by atoms with Crippen LogP contribution in [-0.4, -0.2) is 33.3 Å².